The van der Waals surface area contributed by atoms with Crippen molar-refractivity contribution in [3.63, 3.8) is 0 Å². The number of carbonyl (C=O) groups excluding carboxylic acids is 2. The monoisotopic (exact) mass is 559 g/mol. The van der Waals surface area contributed by atoms with Crippen LogP contribution in [0.4, 0.5) is 0 Å². The number of esters is 2. The molecular weight excluding hydrogens is 530 g/mol. The first-order valence-corrected chi connectivity index (χ1v) is 14.0. The smallest absolute Gasteiger partial charge is 0.339 e. The zero-order valence-corrected chi connectivity index (χ0v) is 22.4. The molecule has 40 heavy (non-hydrogen) atoms. The van der Waals surface area contributed by atoms with Crippen molar-refractivity contribution < 1.29 is 31.7 Å². The van der Waals surface area contributed by atoms with Gasteiger partial charge >= 0.3 is 22.1 Å². The summed E-state index contributed by atoms with van der Waals surface area (Å²) < 4.78 is 41.5. The first-order valence-electron chi connectivity index (χ1n) is 12.6. The van der Waals surface area contributed by atoms with Crippen molar-refractivity contribution in [1.29, 1.82) is 0 Å². The molecule has 0 aromatic heterocycles. The molecule has 0 saturated heterocycles. The van der Waals surface area contributed by atoms with Gasteiger partial charge in [-0.25, -0.2) is 0 Å². The van der Waals surface area contributed by atoms with Crippen molar-refractivity contribution in [2.75, 3.05) is 6.54 Å². The van der Waals surface area contributed by atoms with Crippen LogP contribution in [0.1, 0.15) is 22.6 Å². The Kier molecular flexibility index (Phi) is 9.66. The molecule has 0 aliphatic carbocycles. The third kappa shape index (κ3) is 7.56. The molecule has 4 aromatic carbocycles. The van der Waals surface area contributed by atoms with Crippen LogP contribution in [0.2, 0.25) is 0 Å². The molecule has 4 rings (SSSR count). The molecule has 0 spiro atoms. The van der Waals surface area contributed by atoms with Gasteiger partial charge in [-0.3, -0.25) is 9.59 Å². The Morgan fingerprint density at radius 1 is 0.650 bits per heavy atom. The molecule has 2 N–H and O–H groups in total. The van der Waals surface area contributed by atoms with Crippen molar-refractivity contribution in [2.24, 2.45) is 11.7 Å². The second kappa shape index (κ2) is 13.5. The predicted molar refractivity (Wildman–Crippen MR) is 148 cm³/mol. The van der Waals surface area contributed by atoms with Crippen molar-refractivity contribution in [1.82, 2.24) is 0 Å². The zero-order valence-electron chi connectivity index (χ0n) is 21.6. The average Bonchev–Trinajstić information content (AvgIpc) is 2.99. The van der Waals surface area contributed by atoms with Gasteiger partial charge in [0.15, 0.2) is 0 Å². The summed E-state index contributed by atoms with van der Waals surface area (Å²) in [5.41, 5.74) is 7.95. The molecule has 2 unspecified atom stereocenters. The van der Waals surface area contributed by atoms with Crippen molar-refractivity contribution in [3.05, 3.63) is 132 Å². The minimum Gasteiger partial charge on any atom is -0.461 e. The first kappa shape index (κ1) is 28.5. The Labute approximate surface area is 233 Å². The van der Waals surface area contributed by atoms with Gasteiger partial charge in [-0.05, 0) is 41.0 Å². The Balaban J connectivity index is 1.56. The average molecular weight is 560 g/mol. The topological polar surface area (TPSA) is 122 Å². The molecule has 0 radical (unpaired) electrons. The summed E-state index contributed by atoms with van der Waals surface area (Å²) in [7, 11) is -4.06. The van der Waals surface area contributed by atoms with E-state index in [-0.39, 0.29) is 30.4 Å². The van der Waals surface area contributed by atoms with Crippen LogP contribution >= 0.6 is 0 Å². The van der Waals surface area contributed by atoms with Gasteiger partial charge in [0.05, 0.1) is 11.8 Å². The van der Waals surface area contributed by atoms with Crippen molar-refractivity contribution in [3.8, 4) is 5.75 Å². The lowest BCUT2D eigenvalue weighted by atomic mass is 9.85. The molecule has 0 bridgehead atoms. The van der Waals surface area contributed by atoms with Gasteiger partial charge in [0.2, 0.25) is 0 Å². The predicted octanol–water partition coefficient (Wildman–Crippen LogP) is 4.60. The number of rotatable bonds is 12. The molecule has 0 amide bonds. The van der Waals surface area contributed by atoms with E-state index >= 15 is 0 Å². The summed E-state index contributed by atoms with van der Waals surface area (Å²) in [6.07, 6.45) is 0. The van der Waals surface area contributed by atoms with Crippen LogP contribution < -0.4 is 9.92 Å². The summed E-state index contributed by atoms with van der Waals surface area (Å²) in [4.78, 5) is 26.5. The molecule has 0 aliphatic rings. The summed E-state index contributed by atoms with van der Waals surface area (Å²) in [5, 5.41) is 0. The minimum absolute atomic E-state index is 0.00302. The van der Waals surface area contributed by atoms with E-state index < -0.39 is 33.9 Å². The van der Waals surface area contributed by atoms with Crippen LogP contribution in [0.3, 0.4) is 0 Å². The highest BCUT2D eigenvalue weighted by Crippen LogP contribution is 2.30. The maximum atomic E-state index is 13.4. The van der Waals surface area contributed by atoms with Gasteiger partial charge in [0.1, 0.15) is 23.9 Å². The van der Waals surface area contributed by atoms with E-state index in [1.54, 1.807) is 18.2 Å². The lowest BCUT2D eigenvalue weighted by Gasteiger charge is -2.24. The van der Waals surface area contributed by atoms with E-state index in [1.165, 1.54) is 36.4 Å². The van der Waals surface area contributed by atoms with E-state index in [0.29, 0.717) is 5.56 Å². The van der Waals surface area contributed by atoms with Gasteiger partial charge in [-0.2, -0.15) is 8.42 Å². The zero-order chi connectivity index (χ0) is 28.4. The molecule has 4 aromatic rings. The normalized spacial score (nSPS) is 12.6. The van der Waals surface area contributed by atoms with E-state index in [4.69, 9.17) is 19.4 Å². The Morgan fingerprint density at radius 3 is 1.62 bits per heavy atom. The Bertz CT molecular complexity index is 1490. The first-order chi connectivity index (χ1) is 19.4. The molecule has 206 valence electrons. The van der Waals surface area contributed by atoms with Crippen LogP contribution in [0.5, 0.6) is 5.75 Å². The van der Waals surface area contributed by atoms with Crippen molar-refractivity contribution >= 4 is 22.1 Å². The fourth-order valence-corrected chi connectivity index (χ4v) is 5.00. The van der Waals surface area contributed by atoms with E-state index in [0.717, 1.165) is 11.1 Å². The summed E-state index contributed by atoms with van der Waals surface area (Å²) in [5.74, 6) is -3.43. The SMILES string of the molecule is NCC(C(=O)OCc1ccccc1)C(C(=O)OCc1ccccc1)c1ccc(OS(=O)(=O)c2ccccc2)cc1. The quantitative estimate of drug-likeness (QED) is 0.197. The van der Waals surface area contributed by atoms with E-state index in [9.17, 15) is 18.0 Å². The largest absolute Gasteiger partial charge is 0.461 e. The molecule has 8 nitrogen and oxygen atoms in total. The van der Waals surface area contributed by atoms with E-state index in [2.05, 4.69) is 0 Å². The van der Waals surface area contributed by atoms with Crippen LogP contribution in [0.25, 0.3) is 0 Å². The highest BCUT2D eigenvalue weighted by molar-refractivity contribution is 7.87. The van der Waals surface area contributed by atoms with Crippen molar-refractivity contribution in [2.45, 2.75) is 24.0 Å². The van der Waals surface area contributed by atoms with Crippen LogP contribution in [-0.4, -0.2) is 26.9 Å². The number of ether oxygens (including phenoxy) is 2. The lowest BCUT2D eigenvalue weighted by molar-refractivity contribution is -0.158. The maximum absolute atomic E-state index is 13.4. The third-order valence-corrected chi connectivity index (χ3v) is 7.40. The Morgan fingerprint density at radius 2 is 1.12 bits per heavy atom. The molecule has 0 aliphatic heterocycles. The summed E-state index contributed by atoms with van der Waals surface area (Å²) in [6.45, 7) is -0.158. The molecule has 0 heterocycles. The van der Waals surface area contributed by atoms with Crippen LogP contribution in [0.15, 0.2) is 120 Å². The standard InChI is InChI=1S/C31H29NO7S/c32-20-28(30(33)37-21-23-10-4-1-5-11-23)29(31(34)38-22-24-12-6-2-7-13-24)25-16-18-26(19-17-25)39-40(35,36)27-14-8-3-9-15-27/h1-19,28-29H,20-22,32H2. The van der Waals surface area contributed by atoms with Gasteiger partial charge in [-0.1, -0.05) is 91.0 Å². The molecule has 2 atom stereocenters. The number of nitrogens with two attached hydrogens (primary N) is 1. The van der Waals surface area contributed by atoms with Gasteiger partial charge < -0.3 is 19.4 Å². The van der Waals surface area contributed by atoms with Gasteiger partial charge in [0.25, 0.3) is 0 Å². The highest BCUT2D eigenvalue weighted by Gasteiger charge is 2.37. The molecule has 0 fully saturated rings. The molecular formula is C31H29NO7S. The second-order valence-electron chi connectivity index (χ2n) is 8.93. The molecule has 9 heteroatoms. The third-order valence-electron chi connectivity index (χ3n) is 6.14. The lowest BCUT2D eigenvalue weighted by Crippen LogP contribution is -2.36. The summed E-state index contributed by atoms with van der Waals surface area (Å²) >= 11 is 0. The van der Waals surface area contributed by atoms with Gasteiger partial charge in [-0.15, -0.1) is 0 Å². The number of hydrogen-bond acceptors (Lipinski definition) is 8. The fraction of sp³-hybridized carbons (Fsp3) is 0.161. The second-order valence-corrected chi connectivity index (χ2v) is 10.5. The van der Waals surface area contributed by atoms with E-state index in [1.807, 2.05) is 60.7 Å². The maximum Gasteiger partial charge on any atom is 0.339 e. The van der Waals surface area contributed by atoms with Gasteiger partial charge in [0, 0.05) is 6.54 Å². The van der Waals surface area contributed by atoms with Crippen LogP contribution in [-0.2, 0) is 42.4 Å². The fourth-order valence-electron chi connectivity index (χ4n) is 4.05. The highest BCUT2D eigenvalue weighted by atomic mass is 32.2. The van der Waals surface area contributed by atoms with Crippen LogP contribution in [0, 0.1) is 5.92 Å². The summed E-state index contributed by atoms with van der Waals surface area (Å²) in [6, 6.07) is 31.9. The number of hydrogen-bond donors (Lipinski definition) is 1. The number of carbonyl (C=O) groups is 2. The Hall–Kier alpha value is -4.47. The molecule has 0 saturated carbocycles. The minimum atomic E-state index is -4.06. The number of benzene rings is 4.